The van der Waals surface area contributed by atoms with Crippen LogP contribution in [-0.4, -0.2) is 8.75 Å². The van der Waals surface area contributed by atoms with Gasteiger partial charge in [-0.15, -0.1) is 45.3 Å². The Morgan fingerprint density at radius 3 is 1.38 bits per heavy atom. The van der Waals surface area contributed by atoms with Gasteiger partial charge in [0.1, 0.15) is 33.7 Å². The highest BCUT2D eigenvalue weighted by Crippen LogP contribution is 2.59. The average molecular weight is 1040 g/mol. The van der Waals surface area contributed by atoms with Gasteiger partial charge in [-0.3, -0.25) is 0 Å². The van der Waals surface area contributed by atoms with Crippen LogP contribution >= 0.6 is 88.9 Å². The molecule has 0 amide bonds. The lowest BCUT2D eigenvalue weighted by Crippen LogP contribution is -2.35. The van der Waals surface area contributed by atoms with Crippen LogP contribution in [0.5, 0.6) is 11.5 Å². The third-order valence-electron chi connectivity index (χ3n) is 12.8. The van der Waals surface area contributed by atoms with Crippen molar-refractivity contribution in [1.82, 2.24) is 8.75 Å². The predicted molar refractivity (Wildman–Crippen MR) is 275 cm³/mol. The van der Waals surface area contributed by atoms with E-state index in [1.165, 1.54) is 186 Å². The molecule has 0 unspecified atom stereocenters. The highest BCUT2D eigenvalue weighted by molar-refractivity contribution is 9.11. The molecule has 0 saturated carbocycles. The number of rotatable bonds is 24. The van der Waals surface area contributed by atoms with E-state index in [1.54, 1.807) is 11.3 Å². The van der Waals surface area contributed by atoms with Crippen LogP contribution < -0.4 is 9.47 Å². The monoisotopic (exact) mass is 1040 g/mol. The Morgan fingerprint density at radius 2 is 0.902 bits per heavy atom. The number of unbranched alkanes of at least 4 members (excludes halogenated alkanes) is 18. The summed E-state index contributed by atoms with van der Waals surface area (Å²) in [5.74, 6) is 2.02. The zero-order valence-corrected chi connectivity index (χ0v) is 43.8. The maximum Gasteiger partial charge on any atom is 0.141 e. The molecule has 4 nitrogen and oxygen atoms in total. The number of ether oxygens (including phenoxy) is 2. The minimum absolute atomic E-state index is 0.322. The maximum absolute atomic E-state index is 7.36. The van der Waals surface area contributed by atoms with E-state index in [-0.39, 0.29) is 5.60 Å². The van der Waals surface area contributed by atoms with Crippen LogP contribution in [0.4, 0.5) is 0 Å². The van der Waals surface area contributed by atoms with Crippen molar-refractivity contribution in [1.29, 1.82) is 0 Å². The zero-order chi connectivity index (χ0) is 42.4. The standard InChI is InChI=1S/C50H62Br2N2O2S5/c1-5-7-9-11-13-15-17-19-21-23-27-50(28-24-22-20-18-16-14-12-10-8-6-2)36-30-40(58-46(36)48-38(56-50)32-42(52)60-48)34-26-25-33(43-44(34)54-61-53-43)39-29-35-45(57-39)47-37(31-41(51)59-47)55-49(35,3)4/h25-26,29-32H,5-24,27-28H2,1-4H3. The molecule has 11 heteroatoms. The summed E-state index contributed by atoms with van der Waals surface area (Å²) >= 11 is 16.2. The molecule has 328 valence electrons. The summed E-state index contributed by atoms with van der Waals surface area (Å²) in [7, 11) is 0. The van der Waals surface area contributed by atoms with Gasteiger partial charge in [0.25, 0.3) is 0 Å². The van der Waals surface area contributed by atoms with Crippen LogP contribution in [0.3, 0.4) is 0 Å². The molecule has 0 fully saturated rings. The predicted octanol–water partition coefficient (Wildman–Crippen LogP) is 20.0. The second-order valence-corrected chi connectivity index (χ2v) is 25.4. The molecule has 6 aromatic rings. The van der Waals surface area contributed by atoms with Gasteiger partial charge in [0.05, 0.1) is 38.8 Å². The van der Waals surface area contributed by atoms with Crippen molar-refractivity contribution in [2.24, 2.45) is 0 Å². The highest BCUT2D eigenvalue weighted by Gasteiger charge is 2.43. The van der Waals surface area contributed by atoms with Gasteiger partial charge < -0.3 is 9.47 Å². The first-order chi connectivity index (χ1) is 29.7. The van der Waals surface area contributed by atoms with Crippen LogP contribution in [0.1, 0.15) is 180 Å². The van der Waals surface area contributed by atoms with Gasteiger partial charge in [0, 0.05) is 44.1 Å². The third kappa shape index (κ3) is 10.4. The Balaban J connectivity index is 1.06. The van der Waals surface area contributed by atoms with Crippen molar-refractivity contribution in [3.63, 3.8) is 0 Å². The van der Waals surface area contributed by atoms with Crippen molar-refractivity contribution >= 4 is 100.0 Å². The molecule has 0 saturated heterocycles. The lowest BCUT2D eigenvalue weighted by atomic mass is 9.81. The molecule has 0 atom stereocenters. The van der Waals surface area contributed by atoms with Crippen molar-refractivity contribution in [2.45, 2.75) is 180 Å². The molecule has 5 aromatic heterocycles. The fraction of sp³-hybridized carbons (Fsp3) is 0.560. The lowest BCUT2D eigenvalue weighted by molar-refractivity contribution is 0.0397. The molecule has 2 aliphatic rings. The molecular formula is C50H62Br2N2O2S5. The minimum atomic E-state index is -0.418. The van der Waals surface area contributed by atoms with Gasteiger partial charge in [-0.25, -0.2) is 0 Å². The minimum Gasteiger partial charge on any atom is -0.481 e. The Bertz CT molecular complexity index is 2340. The summed E-state index contributed by atoms with van der Waals surface area (Å²) < 4.78 is 26.1. The highest BCUT2D eigenvalue weighted by atomic mass is 79.9. The van der Waals surface area contributed by atoms with E-state index in [2.05, 4.69) is 96.0 Å². The van der Waals surface area contributed by atoms with Gasteiger partial charge in [0.2, 0.25) is 0 Å². The molecule has 0 radical (unpaired) electrons. The first-order valence-electron chi connectivity index (χ1n) is 23.2. The smallest absolute Gasteiger partial charge is 0.141 e. The number of hydrogen-bond donors (Lipinski definition) is 0. The average Bonchev–Trinajstić information content (AvgIpc) is 4.09. The van der Waals surface area contributed by atoms with E-state index in [0.29, 0.717) is 0 Å². The summed E-state index contributed by atoms with van der Waals surface area (Å²) in [5.41, 5.74) is 6.18. The zero-order valence-electron chi connectivity index (χ0n) is 36.5. The van der Waals surface area contributed by atoms with E-state index in [1.807, 2.05) is 34.0 Å². The molecule has 0 spiro atoms. The Hall–Kier alpha value is -1.60. The molecule has 8 rings (SSSR count). The number of halogens is 2. The molecule has 1 aromatic carbocycles. The summed E-state index contributed by atoms with van der Waals surface area (Å²) in [4.78, 5) is 7.62. The molecule has 61 heavy (non-hydrogen) atoms. The molecule has 0 aliphatic carbocycles. The van der Waals surface area contributed by atoms with E-state index in [9.17, 15) is 0 Å². The van der Waals surface area contributed by atoms with Crippen molar-refractivity contribution in [2.75, 3.05) is 0 Å². The summed E-state index contributed by atoms with van der Waals surface area (Å²) in [6, 6.07) is 13.8. The fourth-order valence-electron chi connectivity index (χ4n) is 9.48. The molecule has 2 aliphatic heterocycles. The van der Waals surface area contributed by atoms with E-state index >= 15 is 0 Å². The Labute approximate surface area is 401 Å². The number of hydrogen-bond acceptors (Lipinski definition) is 9. The summed E-state index contributed by atoms with van der Waals surface area (Å²) in [6.07, 6.45) is 29.0. The van der Waals surface area contributed by atoms with Crippen molar-refractivity contribution in [3.05, 3.63) is 55.1 Å². The topological polar surface area (TPSA) is 44.2 Å². The first kappa shape index (κ1) is 45.9. The summed E-state index contributed by atoms with van der Waals surface area (Å²) in [6.45, 7) is 8.96. The first-order valence-corrected chi connectivity index (χ1v) is 28.8. The Morgan fingerprint density at radius 1 is 0.492 bits per heavy atom. The quantitative estimate of drug-likeness (QED) is 0.0567. The van der Waals surface area contributed by atoms with Crippen molar-refractivity contribution in [3.8, 4) is 51.9 Å². The van der Waals surface area contributed by atoms with Crippen LogP contribution in [0.2, 0.25) is 0 Å². The molecule has 7 heterocycles. The summed E-state index contributed by atoms with van der Waals surface area (Å²) in [5, 5.41) is 0. The van der Waals surface area contributed by atoms with E-state index in [0.717, 1.165) is 48.5 Å². The van der Waals surface area contributed by atoms with E-state index < -0.39 is 5.60 Å². The molecule has 0 N–H and O–H groups in total. The number of benzene rings is 1. The lowest BCUT2D eigenvalue weighted by Gasteiger charge is -2.38. The number of nitrogens with zero attached hydrogens (tertiary/aromatic N) is 2. The van der Waals surface area contributed by atoms with E-state index in [4.69, 9.17) is 18.2 Å². The van der Waals surface area contributed by atoms with Gasteiger partial charge >= 0.3 is 0 Å². The second kappa shape index (κ2) is 21.1. The molecular weight excluding hydrogens is 981 g/mol. The number of aromatic nitrogens is 2. The largest absolute Gasteiger partial charge is 0.481 e. The molecule has 0 bridgehead atoms. The fourth-order valence-corrected chi connectivity index (χ4v) is 16.0. The van der Waals surface area contributed by atoms with Gasteiger partial charge in [0.15, 0.2) is 0 Å². The Kier molecular flexibility index (Phi) is 15.9. The maximum atomic E-state index is 7.36. The number of fused-ring (bicyclic) bond motifs is 7. The second-order valence-electron chi connectivity index (χ2n) is 17.9. The van der Waals surface area contributed by atoms with Gasteiger partial charge in [-0.05, 0) is 83.5 Å². The van der Waals surface area contributed by atoms with Gasteiger partial charge in [-0.1, -0.05) is 142 Å². The van der Waals surface area contributed by atoms with Crippen LogP contribution in [0, 0.1) is 0 Å². The van der Waals surface area contributed by atoms with Crippen molar-refractivity contribution < 1.29 is 9.47 Å². The van der Waals surface area contributed by atoms with Crippen LogP contribution in [0.25, 0.3) is 51.4 Å². The van der Waals surface area contributed by atoms with Gasteiger partial charge in [-0.2, -0.15) is 8.75 Å². The van der Waals surface area contributed by atoms with Crippen LogP contribution in [-0.2, 0) is 11.2 Å². The van der Waals surface area contributed by atoms with Crippen LogP contribution in [0.15, 0.2) is 44.0 Å². The SMILES string of the molecule is CCCCCCCCCCCCC1(CCCCCCCCCCCC)Oc2cc(Br)sc2-c2sc(-c3ccc(-c4cc5c(s4)-c4sc(Br)cc4OC5(C)C)c4nsnc34)cc21. The number of thiophene rings is 4. The third-order valence-corrected chi connectivity index (χ3v) is 19.3. The normalized spacial score (nSPS) is 14.7.